The van der Waals surface area contributed by atoms with Gasteiger partial charge < -0.3 is 14.3 Å². The zero-order valence-electron chi connectivity index (χ0n) is 23.3. The van der Waals surface area contributed by atoms with Gasteiger partial charge in [0.15, 0.2) is 0 Å². The van der Waals surface area contributed by atoms with Crippen molar-refractivity contribution in [3.63, 3.8) is 0 Å². The number of hydrogen-bond acceptors (Lipinski definition) is 4. The molecule has 3 aliphatic rings. The number of benzene rings is 1. The first-order chi connectivity index (χ1) is 16.4. The van der Waals surface area contributed by atoms with E-state index >= 15 is 0 Å². The van der Waals surface area contributed by atoms with Crippen molar-refractivity contribution >= 4 is 6.29 Å². The maximum atomic E-state index is 8.81. The molecular weight excluding hydrogens is 422 g/mol. The van der Waals surface area contributed by atoms with Crippen molar-refractivity contribution in [2.24, 2.45) is 5.92 Å². The SMILES string of the molecule is CC=O.CCC.CCCC(C)CCC.Cc1ccc2c(c1)COC1(CCN(C3CCC3)CC1)O2. The normalized spacial score (nSPS) is 18.6. The van der Waals surface area contributed by atoms with E-state index in [0.717, 1.165) is 49.9 Å². The van der Waals surface area contributed by atoms with Crippen LogP contribution in [0.1, 0.15) is 117 Å². The first-order valence-electron chi connectivity index (χ1n) is 13.9. The minimum atomic E-state index is -0.359. The molecule has 0 radical (unpaired) electrons. The van der Waals surface area contributed by atoms with Crippen LogP contribution in [0.5, 0.6) is 5.75 Å². The number of hydrogen-bond donors (Lipinski definition) is 0. The Kier molecular flexibility index (Phi) is 15.4. The summed E-state index contributed by atoms with van der Waals surface area (Å²) in [7, 11) is 0. The molecule has 0 unspecified atom stereocenters. The van der Waals surface area contributed by atoms with Crippen LogP contribution in [0, 0.1) is 12.8 Å². The van der Waals surface area contributed by atoms with Crippen molar-refractivity contribution < 1.29 is 14.3 Å². The fourth-order valence-corrected chi connectivity index (χ4v) is 4.72. The number of fused-ring (bicyclic) bond motifs is 1. The summed E-state index contributed by atoms with van der Waals surface area (Å²) in [5.74, 6) is 1.63. The number of ether oxygens (including phenoxy) is 2. The second kappa shape index (κ2) is 17.1. The van der Waals surface area contributed by atoms with Gasteiger partial charge in [-0.2, -0.15) is 0 Å². The zero-order chi connectivity index (χ0) is 25.4. The van der Waals surface area contributed by atoms with Gasteiger partial charge in [-0.25, -0.2) is 0 Å². The van der Waals surface area contributed by atoms with Gasteiger partial charge in [0.2, 0.25) is 5.79 Å². The maximum absolute atomic E-state index is 8.81. The molecule has 1 saturated carbocycles. The van der Waals surface area contributed by atoms with Crippen molar-refractivity contribution in [1.29, 1.82) is 0 Å². The molecular formula is C30H53NO3. The molecule has 0 amide bonds. The lowest BCUT2D eigenvalue weighted by atomic mass is 9.89. The molecule has 4 nitrogen and oxygen atoms in total. The predicted octanol–water partition coefficient (Wildman–Crippen LogP) is 8.09. The highest BCUT2D eigenvalue weighted by molar-refractivity contribution is 5.44. The van der Waals surface area contributed by atoms with E-state index in [1.54, 1.807) is 0 Å². The average Bonchev–Trinajstić information content (AvgIpc) is 2.77. The van der Waals surface area contributed by atoms with Crippen LogP contribution in [-0.2, 0) is 16.1 Å². The van der Waals surface area contributed by atoms with E-state index in [-0.39, 0.29) is 5.79 Å². The van der Waals surface area contributed by atoms with E-state index in [2.05, 4.69) is 64.6 Å². The molecule has 1 spiro atoms. The van der Waals surface area contributed by atoms with Crippen molar-refractivity contribution in [2.75, 3.05) is 13.1 Å². The Labute approximate surface area is 210 Å². The summed E-state index contributed by atoms with van der Waals surface area (Å²) in [6, 6.07) is 7.24. The third-order valence-corrected chi connectivity index (χ3v) is 6.72. The monoisotopic (exact) mass is 475 g/mol. The summed E-state index contributed by atoms with van der Waals surface area (Å²) < 4.78 is 12.4. The lowest BCUT2D eigenvalue weighted by Gasteiger charge is -2.47. The van der Waals surface area contributed by atoms with Gasteiger partial charge in [-0.1, -0.05) is 90.8 Å². The predicted molar refractivity (Wildman–Crippen MR) is 144 cm³/mol. The van der Waals surface area contributed by atoms with Crippen molar-refractivity contribution in [3.05, 3.63) is 29.3 Å². The molecule has 4 rings (SSSR count). The number of rotatable bonds is 5. The van der Waals surface area contributed by atoms with Gasteiger partial charge in [0, 0.05) is 37.5 Å². The van der Waals surface area contributed by atoms with Crippen LogP contribution in [0.2, 0.25) is 0 Å². The van der Waals surface area contributed by atoms with Gasteiger partial charge in [-0.15, -0.1) is 0 Å². The van der Waals surface area contributed by atoms with E-state index in [1.165, 1.54) is 69.4 Å². The Morgan fingerprint density at radius 1 is 1.09 bits per heavy atom. The minimum Gasteiger partial charge on any atom is -0.462 e. The molecule has 4 heteroatoms. The molecule has 34 heavy (non-hydrogen) atoms. The highest BCUT2D eigenvalue weighted by atomic mass is 16.7. The maximum Gasteiger partial charge on any atom is 0.213 e. The van der Waals surface area contributed by atoms with E-state index in [4.69, 9.17) is 14.3 Å². The molecule has 1 saturated heterocycles. The fourth-order valence-electron chi connectivity index (χ4n) is 4.72. The molecule has 1 aromatic rings. The number of nitrogens with zero attached hydrogens (tertiary/aromatic N) is 1. The first-order valence-corrected chi connectivity index (χ1v) is 13.9. The number of piperidine rings is 1. The summed E-state index contributed by atoms with van der Waals surface area (Å²) in [5, 5.41) is 0. The van der Waals surface area contributed by atoms with Crippen LogP contribution in [0.4, 0.5) is 0 Å². The third kappa shape index (κ3) is 10.5. The van der Waals surface area contributed by atoms with Gasteiger partial charge >= 0.3 is 0 Å². The molecule has 0 atom stereocenters. The number of carbonyl (C=O) groups excluding carboxylic acids is 1. The topological polar surface area (TPSA) is 38.8 Å². The second-order valence-electron chi connectivity index (χ2n) is 10.2. The summed E-state index contributed by atoms with van der Waals surface area (Å²) in [5.41, 5.74) is 2.46. The first kappa shape index (κ1) is 30.6. The number of aldehydes is 1. The van der Waals surface area contributed by atoms with Crippen LogP contribution < -0.4 is 4.74 Å². The highest BCUT2D eigenvalue weighted by Gasteiger charge is 2.42. The van der Waals surface area contributed by atoms with E-state index in [1.807, 2.05) is 0 Å². The molecule has 1 aliphatic carbocycles. The summed E-state index contributed by atoms with van der Waals surface area (Å²) in [6.07, 6.45) is 13.7. The van der Waals surface area contributed by atoms with Crippen LogP contribution in [0.25, 0.3) is 0 Å². The van der Waals surface area contributed by atoms with Gasteiger partial charge in [-0.3, -0.25) is 4.90 Å². The smallest absolute Gasteiger partial charge is 0.213 e. The molecule has 2 fully saturated rings. The van der Waals surface area contributed by atoms with Crippen LogP contribution in [0.15, 0.2) is 18.2 Å². The van der Waals surface area contributed by atoms with Crippen molar-refractivity contribution in [1.82, 2.24) is 4.90 Å². The van der Waals surface area contributed by atoms with Crippen molar-refractivity contribution in [3.8, 4) is 5.75 Å². The summed E-state index contributed by atoms with van der Waals surface area (Å²) in [6.45, 7) is 17.6. The Morgan fingerprint density at radius 3 is 2.12 bits per heavy atom. The minimum absolute atomic E-state index is 0.359. The summed E-state index contributed by atoms with van der Waals surface area (Å²) in [4.78, 5) is 11.4. The Morgan fingerprint density at radius 2 is 1.65 bits per heavy atom. The molecule has 0 aromatic heterocycles. The molecule has 2 aliphatic heterocycles. The van der Waals surface area contributed by atoms with Gasteiger partial charge in [0.25, 0.3) is 0 Å². The van der Waals surface area contributed by atoms with E-state index in [9.17, 15) is 0 Å². The zero-order valence-corrected chi connectivity index (χ0v) is 23.3. The Hall–Kier alpha value is -1.39. The standard InChI is InChI=1S/C17H23NO2.C8H18.C3H8.C2H4O/c1-13-5-6-16-14(11-13)12-19-17(20-16)7-9-18(10-8-17)15-3-2-4-15;1-4-6-8(3)7-5-2;1-3-2;1-2-3/h5-6,11,15H,2-4,7-10,12H2,1H3;8H,4-7H2,1-3H3;3H2,1-2H3;2H,1H3. The molecule has 1 aromatic carbocycles. The lowest BCUT2D eigenvalue weighted by molar-refractivity contribution is -0.231. The Balaban J connectivity index is 0.000000347. The summed E-state index contributed by atoms with van der Waals surface area (Å²) >= 11 is 0. The van der Waals surface area contributed by atoms with Gasteiger partial charge in [-0.05, 0) is 38.7 Å². The Bertz CT molecular complexity index is 657. The number of carbonyl (C=O) groups is 1. The van der Waals surface area contributed by atoms with Gasteiger partial charge in [0.05, 0.1) is 6.61 Å². The average molecular weight is 476 g/mol. The number of likely N-dealkylation sites (tertiary alicyclic amines) is 1. The van der Waals surface area contributed by atoms with Crippen LogP contribution in [0.3, 0.4) is 0 Å². The van der Waals surface area contributed by atoms with Crippen LogP contribution >= 0.6 is 0 Å². The molecule has 0 N–H and O–H groups in total. The lowest BCUT2D eigenvalue weighted by Crippen LogP contribution is -2.54. The van der Waals surface area contributed by atoms with E-state index in [0.29, 0.717) is 6.61 Å². The molecule has 196 valence electrons. The molecule has 0 bridgehead atoms. The largest absolute Gasteiger partial charge is 0.462 e. The highest BCUT2D eigenvalue weighted by Crippen LogP contribution is 2.39. The molecule has 2 heterocycles. The van der Waals surface area contributed by atoms with Gasteiger partial charge in [0.1, 0.15) is 12.0 Å². The third-order valence-electron chi connectivity index (χ3n) is 6.72. The van der Waals surface area contributed by atoms with Crippen LogP contribution in [-0.4, -0.2) is 36.1 Å². The quantitative estimate of drug-likeness (QED) is 0.403. The second-order valence-corrected chi connectivity index (χ2v) is 10.2. The van der Waals surface area contributed by atoms with Crippen molar-refractivity contribution in [2.45, 2.75) is 131 Å². The fraction of sp³-hybridized carbons (Fsp3) is 0.767. The van der Waals surface area contributed by atoms with E-state index < -0.39 is 0 Å². The number of aryl methyl sites for hydroxylation is 1.